The number of aromatic nitrogens is 5. The minimum absolute atomic E-state index is 0.165. The summed E-state index contributed by atoms with van der Waals surface area (Å²) in [6.45, 7) is 0. The van der Waals surface area contributed by atoms with E-state index in [1.165, 1.54) is 12.1 Å². The molecule has 146 valence electrons. The predicted molar refractivity (Wildman–Crippen MR) is 92.9 cm³/mol. The van der Waals surface area contributed by atoms with Crippen molar-refractivity contribution in [2.24, 2.45) is 0 Å². The third-order valence-corrected chi connectivity index (χ3v) is 4.06. The summed E-state index contributed by atoms with van der Waals surface area (Å²) in [4.78, 5) is 16.3. The lowest BCUT2D eigenvalue weighted by Gasteiger charge is -2.18. The molecule has 1 amide bonds. The van der Waals surface area contributed by atoms with Gasteiger partial charge >= 0.3 is 6.18 Å². The van der Waals surface area contributed by atoms with Crippen LogP contribution in [0.25, 0.3) is 0 Å². The highest BCUT2D eigenvalue weighted by atomic mass is 19.4. The van der Waals surface area contributed by atoms with Gasteiger partial charge in [0, 0.05) is 24.9 Å². The van der Waals surface area contributed by atoms with Gasteiger partial charge in [-0.2, -0.15) is 18.4 Å². The molecule has 3 aromatic rings. The van der Waals surface area contributed by atoms with Crippen molar-refractivity contribution in [2.75, 3.05) is 0 Å². The van der Waals surface area contributed by atoms with Crippen LogP contribution in [0.15, 0.2) is 48.8 Å². The van der Waals surface area contributed by atoms with Crippen molar-refractivity contribution in [3.8, 4) is 0 Å². The zero-order valence-corrected chi connectivity index (χ0v) is 14.6. The fourth-order valence-corrected chi connectivity index (χ4v) is 2.74. The Morgan fingerprint density at radius 1 is 1.04 bits per heavy atom. The van der Waals surface area contributed by atoms with E-state index in [4.69, 9.17) is 0 Å². The van der Waals surface area contributed by atoms with Crippen molar-refractivity contribution in [2.45, 2.75) is 31.5 Å². The number of alkyl halides is 3. The molecule has 0 aliphatic rings. The van der Waals surface area contributed by atoms with Gasteiger partial charge in [-0.25, -0.2) is 0 Å². The first-order valence-electron chi connectivity index (χ1n) is 8.47. The molecule has 0 bridgehead atoms. The summed E-state index contributed by atoms with van der Waals surface area (Å²) in [7, 11) is 0. The molecular formula is C18H17F3N6O. The molecule has 0 radical (unpaired) electrons. The van der Waals surface area contributed by atoms with Crippen LogP contribution in [-0.2, 0) is 30.2 Å². The Bertz CT molecular complexity index is 882. The Hall–Kier alpha value is -3.30. The maximum Gasteiger partial charge on any atom is 0.416 e. The Labute approximate surface area is 158 Å². The number of pyridine rings is 1. The number of tetrazole rings is 1. The first kappa shape index (κ1) is 19.5. The van der Waals surface area contributed by atoms with Gasteiger partial charge in [0.25, 0.3) is 0 Å². The van der Waals surface area contributed by atoms with Crippen LogP contribution in [0.1, 0.15) is 22.5 Å². The Morgan fingerprint density at radius 3 is 2.36 bits per heavy atom. The standard InChI is InChI=1S/C18H17F3N6O/c19-18(20,21)14-3-1-12(2-4-14)9-15(11-16-24-26-27-25-16)23-17(28)10-13-5-7-22-8-6-13/h1-8,15H,9-11H2,(H,23,28)(H,24,25,26,27)/t15-/m0/s1. The zero-order valence-electron chi connectivity index (χ0n) is 14.6. The van der Waals surface area contributed by atoms with E-state index in [2.05, 4.69) is 30.9 Å². The normalized spacial score (nSPS) is 12.5. The van der Waals surface area contributed by atoms with Crippen molar-refractivity contribution >= 4 is 5.91 Å². The largest absolute Gasteiger partial charge is 0.416 e. The van der Waals surface area contributed by atoms with Crippen LogP contribution in [0, 0.1) is 0 Å². The van der Waals surface area contributed by atoms with Gasteiger partial charge in [0.05, 0.1) is 12.0 Å². The van der Waals surface area contributed by atoms with Crippen molar-refractivity contribution < 1.29 is 18.0 Å². The molecule has 2 aromatic heterocycles. The highest BCUT2D eigenvalue weighted by Crippen LogP contribution is 2.29. The van der Waals surface area contributed by atoms with Crippen molar-refractivity contribution in [3.05, 3.63) is 71.3 Å². The lowest BCUT2D eigenvalue weighted by molar-refractivity contribution is -0.137. The number of benzene rings is 1. The van der Waals surface area contributed by atoms with Crippen LogP contribution in [0.5, 0.6) is 0 Å². The summed E-state index contributed by atoms with van der Waals surface area (Å²) in [5, 5.41) is 16.5. The van der Waals surface area contributed by atoms with Gasteiger partial charge in [-0.05, 0) is 41.8 Å². The molecule has 0 fully saturated rings. The smallest absolute Gasteiger partial charge is 0.352 e. The van der Waals surface area contributed by atoms with E-state index in [1.54, 1.807) is 24.5 Å². The number of H-pyrrole nitrogens is 1. The predicted octanol–water partition coefficient (Wildman–Crippen LogP) is 2.13. The lowest BCUT2D eigenvalue weighted by Crippen LogP contribution is -2.39. The molecule has 0 aliphatic heterocycles. The topological polar surface area (TPSA) is 96.5 Å². The van der Waals surface area contributed by atoms with Crippen molar-refractivity contribution in [1.29, 1.82) is 0 Å². The maximum absolute atomic E-state index is 12.7. The summed E-state index contributed by atoms with van der Waals surface area (Å²) in [6, 6.07) is 7.94. The van der Waals surface area contributed by atoms with Gasteiger partial charge in [-0.15, -0.1) is 10.2 Å². The van der Waals surface area contributed by atoms with E-state index in [0.29, 0.717) is 24.2 Å². The molecular weight excluding hydrogens is 373 g/mol. The molecule has 0 spiro atoms. The summed E-state index contributed by atoms with van der Waals surface area (Å²) in [6.07, 6.45) is -0.406. The van der Waals surface area contributed by atoms with Gasteiger partial charge in [0.1, 0.15) is 0 Å². The average Bonchev–Trinajstić information content (AvgIpc) is 3.15. The van der Waals surface area contributed by atoms with Gasteiger partial charge in [0.2, 0.25) is 5.91 Å². The van der Waals surface area contributed by atoms with Crippen LogP contribution in [-0.4, -0.2) is 37.6 Å². The molecule has 7 nitrogen and oxygen atoms in total. The highest BCUT2D eigenvalue weighted by molar-refractivity contribution is 5.78. The van der Waals surface area contributed by atoms with Crippen LogP contribution in [0.2, 0.25) is 0 Å². The van der Waals surface area contributed by atoms with E-state index in [1.807, 2.05) is 0 Å². The third-order valence-electron chi connectivity index (χ3n) is 4.06. The molecule has 2 N–H and O–H groups in total. The number of halogens is 3. The third kappa shape index (κ3) is 5.60. The number of hydrogen-bond acceptors (Lipinski definition) is 5. The van der Waals surface area contributed by atoms with Gasteiger partial charge in [-0.1, -0.05) is 17.3 Å². The Balaban J connectivity index is 1.69. The summed E-state index contributed by atoms with van der Waals surface area (Å²) < 4.78 is 38.2. The summed E-state index contributed by atoms with van der Waals surface area (Å²) in [5.41, 5.74) is 0.749. The van der Waals surface area contributed by atoms with Crippen molar-refractivity contribution in [3.63, 3.8) is 0 Å². The van der Waals surface area contributed by atoms with Crippen LogP contribution in [0.3, 0.4) is 0 Å². The van der Waals surface area contributed by atoms with Crippen molar-refractivity contribution in [1.82, 2.24) is 30.9 Å². The molecule has 3 rings (SSSR count). The number of nitrogens with one attached hydrogen (secondary N) is 2. The molecule has 2 heterocycles. The van der Waals surface area contributed by atoms with Crippen LogP contribution in [0.4, 0.5) is 13.2 Å². The minimum Gasteiger partial charge on any atom is -0.352 e. The number of amides is 1. The SMILES string of the molecule is O=C(Cc1ccncc1)N[C@@H](Cc1ccc(C(F)(F)F)cc1)Cc1nn[nH]n1. The molecule has 1 aromatic carbocycles. The number of carbonyl (C=O) groups excluding carboxylic acids is 1. The molecule has 10 heteroatoms. The maximum atomic E-state index is 12.7. The molecule has 0 saturated heterocycles. The zero-order chi connectivity index (χ0) is 20.0. The van der Waals surface area contributed by atoms with E-state index in [0.717, 1.165) is 17.7 Å². The van der Waals surface area contributed by atoms with E-state index in [-0.39, 0.29) is 12.3 Å². The fraction of sp³-hybridized carbons (Fsp3) is 0.278. The Kier molecular flexibility index (Phi) is 5.97. The number of carbonyl (C=O) groups is 1. The number of aromatic amines is 1. The van der Waals surface area contributed by atoms with E-state index in [9.17, 15) is 18.0 Å². The highest BCUT2D eigenvalue weighted by Gasteiger charge is 2.30. The molecule has 0 unspecified atom stereocenters. The monoisotopic (exact) mass is 390 g/mol. The molecule has 28 heavy (non-hydrogen) atoms. The van der Waals surface area contributed by atoms with Crippen LogP contribution < -0.4 is 5.32 Å². The van der Waals surface area contributed by atoms with E-state index < -0.39 is 17.8 Å². The van der Waals surface area contributed by atoms with E-state index >= 15 is 0 Å². The van der Waals surface area contributed by atoms with Gasteiger partial charge < -0.3 is 5.32 Å². The number of nitrogens with zero attached hydrogens (tertiary/aromatic N) is 4. The van der Waals surface area contributed by atoms with Crippen LogP contribution >= 0.6 is 0 Å². The summed E-state index contributed by atoms with van der Waals surface area (Å²) >= 11 is 0. The van der Waals surface area contributed by atoms with Gasteiger partial charge in [0.15, 0.2) is 5.82 Å². The summed E-state index contributed by atoms with van der Waals surface area (Å²) in [5.74, 6) is 0.188. The second-order valence-corrected chi connectivity index (χ2v) is 6.23. The number of rotatable bonds is 7. The quantitative estimate of drug-likeness (QED) is 0.644. The molecule has 0 saturated carbocycles. The minimum atomic E-state index is -4.39. The molecule has 0 aliphatic carbocycles. The first-order chi connectivity index (χ1) is 13.4. The number of hydrogen-bond donors (Lipinski definition) is 2. The molecule has 1 atom stereocenters. The second-order valence-electron chi connectivity index (χ2n) is 6.23. The second kappa shape index (κ2) is 8.59. The van der Waals surface area contributed by atoms with Gasteiger partial charge in [-0.3, -0.25) is 9.78 Å². The first-order valence-corrected chi connectivity index (χ1v) is 8.47. The lowest BCUT2D eigenvalue weighted by atomic mass is 10.0. The average molecular weight is 390 g/mol. The fourth-order valence-electron chi connectivity index (χ4n) is 2.74. The Morgan fingerprint density at radius 2 is 1.75 bits per heavy atom.